The molecule has 2 aliphatic heterocycles. The van der Waals surface area contributed by atoms with Crippen LogP contribution in [0.5, 0.6) is 0 Å². The monoisotopic (exact) mass is 348 g/mol. The van der Waals surface area contributed by atoms with Crippen LogP contribution in [0.4, 0.5) is 5.69 Å². The number of furan rings is 1. The molecule has 0 saturated carbocycles. The lowest BCUT2D eigenvalue weighted by Gasteiger charge is -2.28. The molecular formula is C21H20N2O3. The van der Waals surface area contributed by atoms with Gasteiger partial charge in [-0.2, -0.15) is 0 Å². The first kappa shape index (κ1) is 16.4. The van der Waals surface area contributed by atoms with Gasteiger partial charge in [-0.25, -0.2) is 0 Å². The van der Waals surface area contributed by atoms with E-state index in [1.807, 2.05) is 48.2 Å². The molecule has 26 heavy (non-hydrogen) atoms. The van der Waals surface area contributed by atoms with Crippen molar-refractivity contribution in [3.8, 4) is 0 Å². The Morgan fingerprint density at radius 2 is 1.92 bits per heavy atom. The van der Waals surface area contributed by atoms with E-state index >= 15 is 0 Å². The summed E-state index contributed by atoms with van der Waals surface area (Å²) in [7, 11) is 0. The van der Waals surface area contributed by atoms with Crippen molar-refractivity contribution in [2.75, 3.05) is 18.4 Å². The fourth-order valence-corrected chi connectivity index (χ4v) is 3.52. The Bertz CT molecular complexity index is 926. The van der Waals surface area contributed by atoms with Gasteiger partial charge < -0.3 is 14.6 Å². The van der Waals surface area contributed by atoms with E-state index in [1.54, 1.807) is 12.2 Å². The Kier molecular flexibility index (Phi) is 4.21. The van der Waals surface area contributed by atoms with Crippen LogP contribution in [-0.2, 0) is 9.59 Å². The molecule has 1 aromatic heterocycles. The van der Waals surface area contributed by atoms with Crippen molar-refractivity contribution in [3.63, 3.8) is 0 Å². The van der Waals surface area contributed by atoms with E-state index in [0.717, 1.165) is 41.0 Å². The highest BCUT2D eigenvalue weighted by Crippen LogP contribution is 2.36. The molecule has 132 valence electrons. The average Bonchev–Trinajstić information content (AvgIpc) is 3.22. The normalized spacial score (nSPS) is 17.0. The highest BCUT2D eigenvalue weighted by molar-refractivity contribution is 6.32. The fraction of sp³-hybridized carbons (Fsp3) is 0.238. The largest absolute Gasteiger partial charge is 0.462 e. The Morgan fingerprint density at radius 1 is 1.15 bits per heavy atom. The predicted octanol–water partition coefficient (Wildman–Crippen LogP) is 3.63. The SMILES string of the molecule is Cc1ccc(C=CC(=O)N2CCC(=C3C(=O)Nc4ccccc43)CC2)o1. The van der Waals surface area contributed by atoms with Crippen molar-refractivity contribution in [2.45, 2.75) is 19.8 Å². The molecule has 5 nitrogen and oxygen atoms in total. The summed E-state index contributed by atoms with van der Waals surface area (Å²) >= 11 is 0. The lowest BCUT2D eigenvalue weighted by Crippen LogP contribution is -2.35. The molecule has 0 spiro atoms. The molecule has 2 amide bonds. The predicted molar refractivity (Wildman–Crippen MR) is 100 cm³/mol. The van der Waals surface area contributed by atoms with Crippen LogP contribution in [0, 0.1) is 6.92 Å². The third-order valence-electron chi connectivity index (χ3n) is 4.86. The summed E-state index contributed by atoms with van der Waals surface area (Å²) < 4.78 is 5.44. The van der Waals surface area contributed by atoms with Crippen LogP contribution in [0.3, 0.4) is 0 Å². The number of amides is 2. The van der Waals surface area contributed by atoms with Crippen molar-refractivity contribution in [1.29, 1.82) is 0 Å². The second-order valence-electron chi connectivity index (χ2n) is 6.59. The van der Waals surface area contributed by atoms with E-state index in [9.17, 15) is 9.59 Å². The van der Waals surface area contributed by atoms with Gasteiger partial charge in [-0.3, -0.25) is 9.59 Å². The van der Waals surface area contributed by atoms with E-state index in [-0.39, 0.29) is 11.8 Å². The number of hydrogen-bond acceptors (Lipinski definition) is 3. The summed E-state index contributed by atoms with van der Waals surface area (Å²) in [6, 6.07) is 11.5. The molecule has 1 aromatic carbocycles. The number of likely N-dealkylation sites (tertiary alicyclic amines) is 1. The van der Waals surface area contributed by atoms with Gasteiger partial charge in [0.05, 0.1) is 0 Å². The van der Waals surface area contributed by atoms with Gasteiger partial charge in [0.25, 0.3) is 5.91 Å². The van der Waals surface area contributed by atoms with Crippen molar-refractivity contribution in [3.05, 3.63) is 65.1 Å². The number of carbonyl (C=O) groups excluding carboxylic acids is 2. The zero-order valence-electron chi connectivity index (χ0n) is 14.6. The van der Waals surface area contributed by atoms with Gasteiger partial charge >= 0.3 is 0 Å². The minimum atomic E-state index is -0.0333. The number of benzene rings is 1. The summed E-state index contributed by atoms with van der Waals surface area (Å²) in [6.45, 7) is 3.11. The molecular weight excluding hydrogens is 328 g/mol. The van der Waals surface area contributed by atoms with Crippen molar-refractivity contribution in [1.82, 2.24) is 4.90 Å². The van der Waals surface area contributed by atoms with Crippen molar-refractivity contribution >= 4 is 29.2 Å². The summed E-state index contributed by atoms with van der Waals surface area (Å²) in [5.74, 6) is 1.43. The topological polar surface area (TPSA) is 62.6 Å². The molecule has 0 atom stereocenters. The lowest BCUT2D eigenvalue weighted by atomic mass is 9.94. The molecule has 4 rings (SSSR count). The number of nitrogens with zero attached hydrogens (tertiary/aromatic N) is 1. The van der Waals surface area contributed by atoms with E-state index in [0.29, 0.717) is 18.8 Å². The van der Waals surface area contributed by atoms with Gasteiger partial charge in [-0.1, -0.05) is 23.8 Å². The van der Waals surface area contributed by atoms with Gasteiger partial charge in [0.1, 0.15) is 11.5 Å². The van der Waals surface area contributed by atoms with Gasteiger partial charge in [0.2, 0.25) is 5.91 Å². The summed E-state index contributed by atoms with van der Waals surface area (Å²) in [5, 5.41) is 2.92. The minimum absolute atomic E-state index is 0.0284. The molecule has 0 aliphatic carbocycles. The highest BCUT2D eigenvalue weighted by Gasteiger charge is 2.29. The third kappa shape index (κ3) is 3.08. The maximum absolute atomic E-state index is 12.4. The maximum atomic E-state index is 12.4. The van der Waals surface area contributed by atoms with Crippen LogP contribution < -0.4 is 5.32 Å². The molecule has 0 radical (unpaired) electrons. The molecule has 2 aromatic rings. The molecule has 2 aliphatic rings. The Hall–Kier alpha value is -3.08. The molecule has 0 bridgehead atoms. The molecule has 1 fully saturated rings. The third-order valence-corrected chi connectivity index (χ3v) is 4.86. The number of para-hydroxylation sites is 1. The smallest absolute Gasteiger partial charge is 0.256 e. The zero-order chi connectivity index (χ0) is 18.1. The molecule has 5 heteroatoms. The van der Waals surface area contributed by atoms with Crippen molar-refractivity contribution < 1.29 is 14.0 Å². The van der Waals surface area contributed by atoms with Crippen molar-refractivity contribution in [2.24, 2.45) is 0 Å². The minimum Gasteiger partial charge on any atom is -0.462 e. The van der Waals surface area contributed by atoms with Crippen LogP contribution in [0.15, 0.2) is 52.5 Å². The number of rotatable bonds is 2. The molecule has 3 heterocycles. The summed E-state index contributed by atoms with van der Waals surface area (Å²) in [6.07, 6.45) is 4.69. The first-order valence-corrected chi connectivity index (χ1v) is 8.78. The second-order valence-corrected chi connectivity index (χ2v) is 6.59. The van der Waals surface area contributed by atoms with Crippen LogP contribution in [-0.4, -0.2) is 29.8 Å². The van der Waals surface area contributed by atoms with E-state index in [2.05, 4.69) is 5.32 Å². The lowest BCUT2D eigenvalue weighted by molar-refractivity contribution is -0.126. The number of carbonyl (C=O) groups is 2. The van der Waals surface area contributed by atoms with Crippen LogP contribution in [0.2, 0.25) is 0 Å². The zero-order valence-corrected chi connectivity index (χ0v) is 14.6. The standard InChI is InChI=1S/C21H20N2O3/c1-14-6-7-16(26-14)8-9-19(24)23-12-10-15(11-13-23)20-17-4-2-3-5-18(17)22-21(20)25/h2-9H,10-13H2,1H3,(H,22,25). The van der Waals surface area contributed by atoms with Gasteiger partial charge in [0, 0.05) is 36.0 Å². The highest BCUT2D eigenvalue weighted by atomic mass is 16.3. The second kappa shape index (κ2) is 6.67. The number of fused-ring (bicyclic) bond motifs is 1. The average molecular weight is 348 g/mol. The first-order chi connectivity index (χ1) is 12.6. The Balaban J connectivity index is 1.45. The van der Waals surface area contributed by atoms with Crippen LogP contribution >= 0.6 is 0 Å². The fourth-order valence-electron chi connectivity index (χ4n) is 3.52. The summed E-state index contributed by atoms with van der Waals surface area (Å²) in [4.78, 5) is 26.5. The summed E-state index contributed by atoms with van der Waals surface area (Å²) in [5.41, 5.74) is 3.76. The Morgan fingerprint density at radius 3 is 2.65 bits per heavy atom. The van der Waals surface area contributed by atoms with Gasteiger partial charge in [-0.15, -0.1) is 0 Å². The van der Waals surface area contributed by atoms with E-state index in [4.69, 9.17) is 4.42 Å². The number of piperidine rings is 1. The number of hydrogen-bond donors (Lipinski definition) is 1. The first-order valence-electron chi connectivity index (χ1n) is 8.78. The van der Waals surface area contributed by atoms with E-state index < -0.39 is 0 Å². The quantitative estimate of drug-likeness (QED) is 0.843. The molecule has 0 unspecified atom stereocenters. The molecule has 1 N–H and O–H groups in total. The maximum Gasteiger partial charge on any atom is 0.256 e. The van der Waals surface area contributed by atoms with Crippen LogP contribution in [0.1, 0.15) is 29.9 Å². The Labute approximate surface area is 152 Å². The number of nitrogens with one attached hydrogen (secondary N) is 1. The van der Waals surface area contributed by atoms with Crippen LogP contribution in [0.25, 0.3) is 11.6 Å². The van der Waals surface area contributed by atoms with Gasteiger partial charge in [0.15, 0.2) is 0 Å². The number of aryl methyl sites for hydroxylation is 1. The van der Waals surface area contributed by atoms with Gasteiger partial charge in [-0.05, 0) is 44.0 Å². The number of anilines is 1. The van der Waals surface area contributed by atoms with E-state index in [1.165, 1.54) is 0 Å². The molecule has 1 saturated heterocycles.